The SMILES string of the molecule is CC(C)c1noc(N2CCC([C@H]3C[C@H]3CCCOc3ccc(CC(=O)N4CCn5ncnc5C4)c(F)c3)CC2)n1. The standard InChI is InChI=1S/C29H38FN7O3/c1-19(2)28-33-29(40-34-28)35-9-7-20(8-10-35)24-14-21(24)4-3-13-39-23-6-5-22(25(30)16-23)15-27(38)36-11-12-37-26(17-36)31-18-32-37/h5-6,16,18-21,24H,3-4,7-15,17H2,1-2H3/t21-,24-/m1/s1. The number of rotatable bonds is 10. The van der Waals surface area contributed by atoms with Crippen LogP contribution in [-0.2, 0) is 24.3 Å². The molecule has 1 saturated carbocycles. The van der Waals surface area contributed by atoms with Gasteiger partial charge < -0.3 is 19.1 Å². The van der Waals surface area contributed by atoms with Crippen LogP contribution in [0.25, 0.3) is 0 Å². The second-order valence-electron chi connectivity index (χ2n) is 11.7. The first-order chi connectivity index (χ1) is 19.4. The van der Waals surface area contributed by atoms with E-state index in [-0.39, 0.29) is 18.2 Å². The number of fused-ring (bicyclic) bond motifs is 1. The maximum Gasteiger partial charge on any atom is 0.324 e. The fourth-order valence-electron chi connectivity index (χ4n) is 6.14. The van der Waals surface area contributed by atoms with Crippen molar-refractivity contribution in [2.45, 2.75) is 71.4 Å². The van der Waals surface area contributed by atoms with Crippen molar-refractivity contribution in [3.63, 3.8) is 0 Å². The first kappa shape index (κ1) is 26.7. The molecule has 0 bridgehead atoms. The number of benzene rings is 1. The quantitative estimate of drug-likeness (QED) is 0.345. The molecule has 40 heavy (non-hydrogen) atoms. The lowest BCUT2D eigenvalue weighted by molar-refractivity contribution is -0.132. The molecule has 2 fully saturated rings. The van der Waals surface area contributed by atoms with Crippen LogP contribution in [0.3, 0.4) is 0 Å². The molecule has 2 aromatic heterocycles. The number of carbonyl (C=O) groups excluding carboxylic acids is 1. The Morgan fingerprint density at radius 1 is 1.20 bits per heavy atom. The molecule has 0 unspecified atom stereocenters. The normalized spacial score (nSPS) is 21.1. The van der Waals surface area contributed by atoms with Crippen LogP contribution in [0, 0.1) is 23.6 Å². The number of halogens is 1. The van der Waals surface area contributed by atoms with Crippen LogP contribution in [0.5, 0.6) is 5.75 Å². The molecule has 1 aromatic carbocycles. The average molecular weight is 552 g/mol. The van der Waals surface area contributed by atoms with Gasteiger partial charge in [0.2, 0.25) is 5.91 Å². The van der Waals surface area contributed by atoms with Gasteiger partial charge in [-0.1, -0.05) is 25.1 Å². The highest BCUT2D eigenvalue weighted by atomic mass is 19.1. The van der Waals surface area contributed by atoms with E-state index in [0.717, 1.165) is 55.3 Å². The minimum absolute atomic E-state index is 0.0240. The first-order valence-corrected chi connectivity index (χ1v) is 14.6. The van der Waals surface area contributed by atoms with Crippen LogP contribution >= 0.6 is 0 Å². The number of carbonyl (C=O) groups is 1. The molecular formula is C29H38FN7O3. The molecule has 0 N–H and O–H groups in total. The van der Waals surface area contributed by atoms with Crippen LogP contribution in [0.15, 0.2) is 29.0 Å². The van der Waals surface area contributed by atoms with Gasteiger partial charge in [-0.25, -0.2) is 14.1 Å². The van der Waals surface area contributed by atoms with E-state index in [9.17, 15) is 9.18 Å². The summed E-state index contributed by atoms with van der Waals surface area (Å²) >= 11 is 0. The van der Waals surface area contributed by atoms with Crippen LogP contribution in [0.4, 0.5) is 10.4 Å². The number of aromatic nitrogens is 5. The molecule has 3 aromatic rings. The van der Waals surface area contributed by atoms with Gasteiger partial charge in [0.15, 0.2) is 5.82 Å². The second-order valence-corrected chi connectivity index (χ2v) is 11.7. The number of hydrogen-bond acceptors (Lipinski definition) is 8. The van der Waals surface area contributed by atoms with E-state index in [1.165, 1.54) is 31.7 Å². The Morgan fingerprint density at radius 2 is 2.05 bits per heavy atom. The summed E-state index contributed by atoms with van der Waals surface area (Å²) in [5, 5.41) is 8.22. The van der Waals surface area contributed by atoms with E-state index in [1.54, 1.807) is 21.7 Å². The van der Waals surface area contributed by atoms with Gasteiger partial charge in [0.05, 0.1) is 26.1 Å². The van der Waals surface area contributed by atoms with E-state index in [0.29, 0.717) is 43.6 Å². The van der Waals surface area contributed by atoms with Crippen molar-refractivity contribution in [1.82, 2.24) is 29.8 Å². The third kappa shape index (κ3) is 5.97. The Kier molecular flexibility index (Phi) is 7.71. The van der Waals surface area contributed by atoms with Crippen LogP contribution in [0.1, 0.15) is 69.1 Å². The van der Waals surface area contributed by atoms with Crippen LogP contribution in [-0.4, -0.2) is 62.0 Å². The van der Waals surface area contributed by atoms with Crippen LogP contribution in [0.2, 0.25) is 0 Å². The van der Waals surface area contributed by atoms with Crippen molar-refractivity contribution in [2.24, 2.45) is 17.8 Å². The summed E-state index contributed by atoms with van der Waals surface area (Å²) < 4.78 is 27.9. The summed E-state index contributed by atoms with van der Waals surface area (Å²) in [5.41, 5.74) is 0.385. The van der Waals surface area contributed by atoms with Crippen molar-refractivity contribution in [3.8, 4) is 5.75 Å². The summed E-state index contributed by atoms with van der Waals surface area (Å²) in [4.78, 5) is 25.4. The van der Waals surface area contributed by atoms with Gasteiger partial charge in [0.1, 0.15) is 23.7 Å². The number of amides is 1. The second kappa shape index (κ2) is 11.5. The summed E-state index contributed by atoms with van der Waals surface area (Å²) in [6, 6.07) is 5.49. The Bertz CT molecular complexity index is 1320. The van der Waals surface area contributed by atoms with Gasteiger partial charge in [-0.2, -0.15) is 10.1 Å². The van der Waals surface area contributed by atoms with Crippen molar-refractivity contribution < 1.29 is 18.4 Å². The third-order valence-electron chi connectivity index (χ3n) is 8.66. The van der Waals surface area contributed by atoms with Crippen molar-refractivity contribution in [1.29, 1.82) is 0 Å². The van der Waals surface area contributed by atoms with Gasteiger partial charge >= 0.3 is 6.01 Å². The molecule has 11 heteroatoms. The summed E-state index contributed by atoms with van der Waals surface area (Å²) in [6.07, 6.45) is 7.27. The lowest BCUT2D eigenvalue weighted by Crippen LogP contribution is -2.39. The van der Waals surface area contributed by atoms with Gasteiger partial charge in [0.25, 0.3) is 0 Å². The molecule has 6 rings (SSSR count). The minimum Gasteiger partial charge on any atom is -0.493 e. The molecule has 1 aliphatic carbocycles. The Hall–Kier alpha value is -3.50. The van der Waals surface area contributed by atoms with Gasteiger partial charge in [-0.15, -0.1) is 0 Å². The highest BCUT2D eigenvalue weighted by Crippen LogP contribution is 2.50. The number of piperidine rings is 1. The zero-order chi connectivity index (χ0) is 27.6. The maximum atomic E-state index is 14.8. The van der Waals surface area contributed by atoms with Gasteiger partial charge in [-0.3, -0.25) is 4.79 Å². The third-order valence-corrected chi connectivity index (χ3v) is 8.66. The predicted octanol–water partition coefficient (Wildman–Crippen LogP) is 4.22. The molecule has 2 atom stereocenters. The minimum atomic E-state index is -0.402. The number of hydrogen-bond donors (Lipinski definition) is 0. The Morgan fingerprint density at radius 3 is 2.83 bits per heavy atom. The summed E-state index contributed by atoms with van der Waals surface area (Å²) in [5.74, 6) is 4.15. The van der Waals surface area contributed by atoms with Crippen LogP contribution < -0.4 is 9.64 Å². The van der Waals surface area contributed by atoms with E-state index in [4.69, 9.17) is 9.26 Å². The fraction of sp³-hybridized carbons (Fsp3) is 0.621. The molecule has 2 aliphatic heterocycles. The van der Waals surface area contributed by atoms with E-state index in [1.807, 2.05) is 0 Å². The zero-order valence-corrected chi connectivity index (χ0v) is 23.3. The number of ether oxygens (including phenoxy) is 1. The molecule has 3 aliphatic rings. The number of anilines is 1. The molecule has 1 saturated heterocycles. The molecule has 10 nitrogen and oxygen atoms in total. The molecule has 214 valence electrons. The van der Waals surface area contributed by atoms with Gasteiger partial charge in [0, 0.05) is 31.6 Å². The average Bonchev–Trinajstić information content (AvgIpc) is 3.32. The topological polar surface area (TPSA) is 102 Å². The van der Waals surface area contributed by atoms with Crippen molar-refractivity contribution in [3.05, 3.63) is 47.6 Å². The number of nitrogens with zero attached hydrogens (tertiary/aromatic N) is 7. The van der Waals surface area contributed by atoms with E-state index >= 15 is 0 Å². The van der Waals surface area contributed by atoms with E-state index < -0.39 is 5.82 Å². The first-order valence-electron chi connectivity index (χ1n) is 14.6. The van der Waals surface area contributed by atoms with Gasteiger partial charge in [-0.05, 0) is 61.5 Å². The Balaban J connectivity index is 0.888. The molecule has 4 heterocycles. The maximum absolute atomic E-state index is 14.8. The van der Waals surface area contributed by atoms with Crippen molar-refractivity contribution >= 4 is 11.9 Å². The molecule has 0 spiro atoms. The summed E-state index contributed by atoms with van der Waals surface area (Å²) in [6.45, 7) is 8.24. The van der Waals surface area contributed by atoms with E-state index in [2.05, 4.69) is 39.0 Å². The zero-order valence-electron chi connectivity index (χ0n) is 23.3. The lowest BCUT2D eigenvalue weighted by atomic mass is 9.90. The molecular weight excluding hydrogens is 513 g/mol. The largest absolute Gasteiger partial charge is 0.493 e. The smallest absolute Gasteiger partial charge is 0.324 e. The highest BCUT2D eigenvalue weighted by molar-refractivity contribution is 5.79. The monoisotopic (exact) mass is 551 g/mol. The molecule has 0 radical (unpaired) electrons. The lowest BCUT2D eigenvalue weighted by Gasteiger charge is -2.30. The Labute approximate surface area is 233 Å². The highest BCUT2D eigenvalue weighted by Gasteiger charge is 2.43. The molecule has 1 amide bonds. The summed E-state index contributed by atoms with van der Waals surface area (Å²) in [7, 11) is 0. The fourth-order valence-corrected chi connectivity index (χ4v) is 6.14. The predicted molar refractivity (Wildman–Crippen MR) is 145 cm³/mol. The van der Waals surface area contributed by atoms with Crippen molar-refractivity contribution in [2.75, 3.05) is 31.1 Å².